The van der Waals surface area contributed by atoms with E-state index in [2.05, 4.69) is 24.1 Å². The minimum absolute atomic E-state index is 0.692. The van der Waals surface area contributed by atoms with Gasteiger partial charge in [0.1, 0.15) is 0 Å². The number of aryl methyl sites for hydroxylation is 1. The first-order valence-corrected chi connectivity index (χ1v) is 6.85. The van der Waals surface area contributed by atoms with Crippen molar-refractivity contribution < 1.29 is 4.74 Å². The lowest BCUT2D eigenvalue weighted by molar-refractivity contribution is 0.186. The van der Waals surface area contributed by atoms with Crippen LogP contribution in [-0.4, -0.2) is 24.7 Å². The predicted molar refractivity (Wildman–Crippen MR) is 66.9 cm³/mol. The summed E-state index contributed by atoms with van der Waals surface area (Å²) in [7, 11) is 0. The lowest BCUT2D eigenvalue weighted by atomic mass is 10.1. The van der Waals surface area contributed by atoms with Crippen LogP contribution in [0.5, 0.6) is 0 Å². The van der Waals surface area contributed by atoms with Crippen molar-refractivity contribution in [3.05, 3.63) is 15.6 Å². The molecule has 0 radical (unpaired) electrons. The maximum absolute atomic E-state index is 5.40. The summed E-state index contributed by atoms with van der Waals surface area (Å²) in [5.41, 5.74) is 1.19. The molecule has 1 saturated heterocycles. The summed E-state index contributed by atoms with van der Waals surface area (Å²) in [6.07, 6.45) is 2.29. The summed E-state index contributed by atoms with van der Waals surface area (Å²) in [5.74, 6) is 0.692. The molecule has 2 rings (SSSR count). The van der Waals surface area contributed by atoms with Gasteiger partial charge in [-0.15, -0.1) is 11.3 Å². The standard InChI is InChI=1S/C12H20N2OS/c1-3-13-7-11-9(2)14-12(16-11)6-10-4-5-15-8-10/h10,13H,3-8H2,1-2H3. The van der Waals surface area contributed by atoms with Gasteiger partial charge in [0.15, 0.2) is 0 Å². The monoisotopic (exact) mass is 240 g/mol. The van der Waals surface area contributed by atoms with Gasteiger partial charge in [0.2, 0.25) is 0 Å². The van der Waals surface area contributed by atoms with Crippen LogP contribution < -0.4 is 5.32 Å². The number of aromatic nitrogens is 1. The molecule has 4 heteroatoms. The van der Waals surface area contributed by atoms with Crippen LogP contribution in [0.4, 0.5) is 0 Å². The Bertz CT molecular complexity index is 332. The summed E-state index contributed by atoms with van der Waals surface area (Å²) in [6, 6.07) is 0. The fourth-order valence-corrected chi connectivity index (χ4v) is 3.12. The lowest BCUT2D eigenvalue weighted by Crippen LogP contribution is -2.11. The molecule has 1 aromatic rings. The minimum Gasteiger partial charge on any atom is -0.381 e. The number of rotatable bonds is 5. The van der Waals surface area contributed by atoms with Crippen LogP contribution in [0.1, 0.15) is 28.9 Å². The number of thiazole rings is 1. The number of ether oxygens (including phenoxy) is 1. The van der Waals surface area contributed by atoms with E-state index in [0.29, 0.717) is 5.92 Å². The molecule has 0 amide bonds. The Morgan fingerprint density at radius 3 is 3.12 bits per heavy atom. The van der Waals surface area contributed by atoms with Gasteiger partial charge >= 0.3 is 0 Å². The van der Waals surface area contributed by atoms with Crippen molar-refractivity contribution >= 4 is 11.3 Å². The molecule has 1 aliphatic rings. The van der Waals surface area contributed by atoms with E-state index in [0.717, 1.165) is 32.7 Å². The second kappa shape index (κ2) is 5.75. The molecule has 1 atom stereocenters. The summed E-state index contributed by atoms with van der Waals surface area (Å²) >= 11 is 1.86. The molecule has 0 aromatic carbocycles. The van der Waals surface area contributed by atoms with Crippen molar-refractivity contribution in [2.24, 2.45) is 5.92 Å². The first-order valence-electron chi connectivity index (χ1n) is 6.03. The molecule has 1 fully saturated rings. The van der Waals surface area contributed by atoms with E-state index in [1.165, 1.54) is 22.0 Å². The largest absolute Gasteiger partial charge is 0.381 e. The van der Waals surface area contributed by atoms with Crippen LogP contribution in [0.2, 0.25) is 0 Å². The molecule has 1 N–H and O–H groups in total. The highest BCUT2D eigenvalue weighted by Crippen LogP contribution is 2.24. The molecule has 0 spiro atoms. The summed E-state index contributed by atoms with van der Waals surface area (Å²) < 4.78 is 5.40. The second-order valence-electron chi connectivity index (χ2n) is 4.33. The van der Waals surface area contributed by atoms with E-state index in [9.17, 15) is 0 Å². The van der Waals surface area contributed by atoms with Crippen LogP contribution >= 0.6 is 11.3 Å². The molecule has 0 saturated carbocycles. The van der Waals surface area contributed by atoms with Gasteiger partial charge in [-0.25, -0.2) is 4.98 Å². The first-order chi connectivity index (χ1) is 7.79. The molecule has 1 aromatic heterocycles. The Balaban J connectivity index is 1.93. The van der Waals surface area contributed by atoms with Crippen LogP contribution in [0, 0.1) is 12.8 Å². The van der Waals surface area contributed by atoms with Gasteiger partial charge in [0.05, 0.1) is 10.7 Å². The molecular formula is C12H20N2OS. The zero-order valence-corrected chi connectivity index (χ0v) is 10.9. The van der Waals surface area contributed by atoms with Gasteiger partial charge in [-0.3, -0.25) is 0 Å². The number of hydrogen-bond acceptors (Lipinski definition) is 4. The minimum atomic E-state index is 0.692. The molecule has 1 unspecified atom stereocenters. The van der Waals surface area contributed by atoms with Crippen molar-refractivity contribution in [1.82, 2.24) is 10.3 Å². The van der Waals surface area contributed by atoms with Gasteiger partial charge in [-0.2, -0.15) is 0 Å². The zero-order valence-electron chi connectivity index (χ0n) is 10.1. The van der Waals surface area contributed by atoms with Crippen molar-refractivity contribution in [3.63, 3.8) is 0 Å². The molecule has 0 bridgehead atoms. The molecule has 0 aliphatic carbocycles. The highest BCUT2D eigenvalue weighted by atomic mass is 32.1. The fourth-order valence-electron chi connectivity index (χ4n) is 1.97. The van der Waals surface area contributed by atoms with Crippen LogP contribution in [-0.2, 0) is 17.7 Å². The topological polar surface area (TPSA) is 34.1 Å². The third kappa shape index (κ3) is 3.03. The molecular weight excluding hydrogens is 220 g/mol. The van der Waals surface area contributed by atoms with E-state index in [4.69, 9.17) is 4.74 Å². The maximum Gasteiger partial charge on any atom is 0.0935 e. The van der Waals surface area contributed by atoms with E-state index in [-0.39, 0.29) is 0 Å². The Morgan fingerprint density at radius 1 is 1.56 bits per heavy atom. The molecule has 90 valence electrons. The quantitative estimate of drug-likeness (QED) is 0.856. The van der Waals surface area contributed by atoms with Crippen LogP contribution in [0.15, 0.2) is 0 Å². The molecule has 16 heavy (non-hydrogen) atoms. The van der Waals surface area contributed by atoms with Gasteiger partial charge in [0.25, 0.3) is 0 Å². The summed E-state index contributed by atoms with van der Waals surface area (Å²) in [5, 5.41) is 4.64. The van der Waals surface area contributed by atoms with Gasteiger partial charge in [0, 0.05) is 31.1 Å². The molecule has 1 aliphatic heterocycles. The Morgan fingerprint density at radius 2 is 2.44 bits per heavy atom. The van der Waals surface area contributed by atoms with Crippen LogP contribution in [0.3, 0.4) is 0 Å². The highest BCUT2D eigenvalue weighted by Gasteiger charge is 2.18. The van der Waals surface area contributed by atoms with E-state index in [1.54, 1.807) is 0 Å². The van der Waals surface area contributed by atoms with Crippen molar-refractivity contribution in [2.45, 2.75) is 33.2 Å². The number of hydrogen-bond donors (Lipinski definition) is 1. The van der Waals surface area contributed by atoms with Crippen molar-refractivity contribution in [2.75, 3.05) is 19.8 Å². The maximum atomic E-state index is 5.40. The normalized spacial score (nSPS) is 20.5. The fraction of sp³-hybridized carbons (Fsp3) is 0.750. The molecule has 2 heterocycles. The van der Waals surface area contributed by atoms with Crippen molar-refractivity contribution in [1.29, 1.82) is 0 Å². The third-order valence-electron chi connectivity index (χ3n) is 2.96. The smallest absolute Gasteiger partial charge is 0.0935 e. The van der Waals surface area contributed by atoms with E-state index >= 15 is 0 Å². The van der Waals surface area contributed by atoms with Crippen LogP contribution in [0.25, 0.3) is 0 Å². The van der Waals surface area contributed by atoms with Gasteiger partial charge in [-0.1, -0.05) is 6.92 Å². The number of nitrogens with one attached hydrogen (secondary N) is 1. The summed E-state index contributed by atoms with van der Waals surface area (Å²) in [4.78, 5) is 6.03. The average molecular weight is 240 g/mol. The van der Waals surface area contributed by atoms with E-state index in [1.807, 2.05) is 11.3 Å². The summed E-state index contributed by atoms with van der Waals surface area (Å²) in [6.45, 7) is 8.07. The lowest BCUT2D eigenvalue weighted by Gasteiger charge is -2.02. The van der Waals surface area contributed by atoms with E-state index < -0.39 is 0 Å². The second-order valence-corrected chi connectivity index (χ2v) is 5.50. The number of nitrogens with zero attached hydrogens (tertiary/aromatic N) is 1. The van der Waals surface area contributed by atoms with Gasteiger partial charge in [-0.05, 0) is 25.8 Å². The van der Waals surface area contributed by atoms with Crippen molar-refractivity contribution in [3.8, 4) is 0 Å². The SMILES string of the molecule is CCNCc1sc(CC2CCOC2)nc1C. The first kappa shape index (κ1) is 12.0. The Hall–Kier alpha value is -0.450. The zero-order chi connectivity index (χ0) is 11.4. The molecule has 3 nitrogen and oxygen atoms in total. The Labute approximate surface area is 101 Å². The Kier molecular flexibility index (Phi) is 4.32. The predicted octanol–water partition coefficient (Wildman–Crippen LogP) is 2.14. The highest BCUT2D eigenvalue weighted by molar-refractivity contribution is 7.11. The average Bonchev–Trinajstić information content (AvgIpc) is 2.86. The van der Waals surface area contributed by atoms with Gasteiger partial charge < -0.3 is 10.1 Å². The third-order valence-corrected chi connectivity index (χ3v) is 4.14.